The van der Waals surface area contributed by atoms with Gasteiger partial charge in [-0.1, -0.05) is 13.0 Å². The van der Waals surface area contributed by atoms with Crippen molar-refractivity contribution in [3.63, 3.8) is 0 Å². The van der Waals surface area contributed by atoms with Crippen LogP contribution in [-0.2, 0) is 4.79 Å². The van der Waals surface area contributed by atoms with E-state index < -0.39 is 4.92 Å². The molecule has 1 amide bonds. The Labute approximate surface area is 111 Å². The smallest absolute Gasteiger partial charge is 0.271 e. The molecule has 1 heterocycles. The fourth-order valence-electron chi connectivity index (χ4n) is 2.23. The maximum Gasteiger partial charge on any atom is 0.271 e. The van der Waals surface area contributed by atoms with Crippen LogP contribution in [0.4, 0.5) is 11.4 Å². The molecule has 0 spiro atoms. The van der Waals surface area contributed by atoms with E-state index in [-0.39, 0.29) is 17.6 Å². The summed E-state index contributed by atoms with van der Waals surface area (Å²) in [5.74, 6) is 0.383. The van der Waals surface area contributed by atoms with Crippen LogP contribution in [0.5, 0.6) is 0 Å². The topological polar surface area (TPSA) is 84.3 Å². The van der Waals surface area contributed by atoms with Crippen LogP contribution < -0.4 is 10.6 Å². The highest BCUT2D eigenvalue weighted by molar-refractivity contribution is 5.95. The van der Waals surface area contributed by atoms with Crippen LogP contribution in [0.2, 0.25) is 0 Å². The number of nitro benzene ring substituents is 1. The molecular weight excluding hydrogens is 246 g/mol. The number of anilines is 1. The molecule has 1 aliphatic heterocycles. The second-order valence-corrected chi connectivity index (χ2v) is 4.93. The monoisotopic (exact) mass is 263 g/mol. The molecular formula is C13H17N3O3. The number of non-ortho nitro benzene ring substituents is 1. The number of carbonyl (C=O) groups is 1. The van der Waals surface area contributed by atoms with E-state index in [9.17, 15) is 14.9 Å². The summed E-state index contributed by atoms with van der Waals surface area (Å²) in [5.41, 5.74) is 0.432. The van der Waals surface area contributed by atoms with E-state index in [1.807, 2.05) is 0 Å². The van der Waals surface area contributed by atoms with Gasteiger partial charge in [0.05, 0.1) is 11.0 Å². The van der Waals surface area contributed by atoms with E-state index in [4.69, 9.17) is 0 Å². The Bertz CT molecular complexity index is 490. The third-order valence-electron chi connectivity index (χ3n) is 3.31. The molecule has 102 valence electrons. The zero-order valence-corrected chi connectivity index (χ0v) is 10.8. The van der Waals surface area contributed by atoms with Gasteiger partial charge in [0, 0.05) is 17.8 Å². The molecule has 6 heteroatoms. The number of benzene rings is 1. The SMILES string of the molecule is CC1CCNC(C(=O)Nc2cccc([N+](=O)[O-])c2)C1. The van der Waals surface area contributed by atoms with Gasteiger partial charge in [-0.15, -0.1) is 0 Å². The third-order valence-corrected chi connectivity index (χ3v) is 3.31. The lowest BCUT2D eigenvalue weighted by Crippen LogP contribution is -2.45. The maximum atomic E-state index is 12.1. The standard InChI is InChI=1S/C13H17N3O3/c1-9-5-6-14-12(7-9)13(17)15-10-3-2-4-11(8-10)16(18)19/h2-4,8-9,12,14H,5-7H2,1H3,(H,15,17). The number of piperidine rings is 1. The zero-order chi connectivity index (χ0) is 13.8. The molecule has 2 rings (SSSR count). The fourth-order valence-corrected chi connectivity index (χ4v) is 2.23. The van der Waals surface area contributed by atoms with Gasteiger partial charge >= 0.3 is 0 Å². The Morgan fingerprint density at radius 3 is 3.00 bits per heavy atom. The molecule has 1 aromatic rings. The summed E-state index contributed by atoms with van der Waals surface area (Å²) in [5, 5.41) is 16.5. The minimum atomic E-state index is -0.476. The van der Waals surface area contributed by atoms with E-state index in [1.165, 1.54) is 12.1 Å². The Kier molecular flexibility index (Phi) is 4.11. The van der Waals surface area contributed by atoms with Crippen LogP contribution in [0, 0.1) is 16.0 Å². The second kappa shape index (κ2) is 5.79. The fraction of sp³-hybridized carbons (Fsp3) is 0.462. The van der Waals surface area contributed by atoms with Gasteiger partial charge in [-0.05, 0) is 31.4 Å². The summed E-state index contributed by atoms with van der Waals surface area (Å²) in [6.45, 7) is 2.95. The first-order valence-corrected chi connectivity index (χ1v) is 6.35. The van der Waals surface area contributed by atoms with Gasteiger partial charge in [-0.3, -0.25) is 14.9 Å². The lowest BCUT2D eigenvalue weighted by Gasteiger charge is -2.27. The summed E-state index contributed by atoms with van der Waals surface area (Å²) >= 11 is 0. The van der Waals surface area contributed by atoms with Crippen molar-refractivity contribution in [1.29, 1.82) is 0 Å². The van der Waals surface area contributed by atoms with Gasteiger partial charge in [0.1, 0.15) is 0 Å². The van der Waals surface area contributed by atoms with Gasteiger partial charge in [-0.25, -0.2) is 0 Å². The number of carbonyl (C=O) groups excluding carboxylic acids is 1. The van der Waals surface area contributed by atoms with Crippen molar-refractivity contribution in [2.24, 2.45) is 5.92 Å². The highest BCUT2D eigenvalue weighted by Gasteiger charge is 2.24. The summed E-state index contributed by atoms with van der Waals surface area (Å²) in [4.78, 5) is 22.2. The molecule has 0 bridgehead atoms. The normalized spacial score (nSPS) is 22.8. The third kappa shape index (κ3) is 3.51. The van der Waals surface area contributed by atoms with E-state index in [1.54, 1.807) is 12.1 Å². The molecule has 0 radical (unpaired) electrons. The summed E-state index contributed by atoms with van der Waals surface area (Å²) in [6, 6.07) is 5.76. The first kappa shape index (κ1) is 13.5. The Morgan fingerprint density at radius 1 is 1.53 bits per heavy atom. The summed E-state index contributed by atoms with van der Waals surface area (Å²) < 4.78 is 0. The molecule has 1 aromatic carbocycles. The second-order valence-electron chi connectivity index (χ2n) is 4.93. The lowest BCUT2D eigenvalue weighted by molar-refractivity contribution is -0.384. The molecule has 1 aliphatic rings. The van der Waals surface area contributed by atoms with Crippen molar-refractivity contribution in [3.05, 3.63) is 34.4 Å². The van der Waals surface area contributed by atoms with Crippen LogP contribution >= 0.6 is 0 Å². The van der Waals surface area contributed by atoms with Crippen molar-refractivity contribution in [1.82, 2.24) is 5.32 Å². The molecule has 2 unspecified atom stereocenters. The number of rotatable bonds is 3. The van der Waals surface area contributed by atoms with Gasteiger partial charge in [-0.2, -0.15) is 0 Å². The predicted molar refractivity (Wildman–Crippen MR) is 71.9 cm³/mol. The average Bonchev–Trinajstić information content (AvgIpc) is 2.39. The van der Waals surface area contributed by atoms with Crippen molar-refractivity contribution in [2.45, 2.75) is 25.8 Å². The average molecular weight is 263 g/mol. The lowest BCUT2D eigenvalue weighted by atomic mass is 9.94. The molecule has 2 atom stereocenters. The number of nitrogens with zero attached hydrogens (tertiary/aromatic N) is 1. The Balaban J connectivity index is 2.02. The quantitative estimate of drug-likeness (QED) is 0.644. The van der Waals surface area contributed by atoms with E-state index in [0.29, 0.717) is 11.6 Å². The van der Waals surface area contributed by atoms with Crippen LogP contribution in [0.3, 0.4) is 0 Å². The van der Waals surface area contributed by atoms with Crippen LogP contribution in [0.25, 0.3) is 0 Å². The summed E-state index contributed by atoms with van der Waals surface area (Å²) in [7, 11) is 0. The highest BCUT2D eigenvalue weighted by atomic mass is 16.6. The van der Waals surface area contributed by atoms with E-state index >= 15 is 0 Å². The Morgan fingerprint density at radius 2 is 2.32 bits per heavy atom. The van der Waals surface area contributed by atoms with Gasteiger partial charge in [0.2, 0.25) is 5.91 Å². The van der Waals surface area contributed by atoms with Gasteiger partial charge in [0.25, 0.3) is 5.69 Å². The number of amides is 1. The first-order chi connectivity index (χ1) is 9.06. The molecule has 0 aromatic heterocycles. The molecule has 0 aliphatic carbocycles. The molecule has 0 saturated carbocycles. The van der Waals surface area contributed by atoms with Crippen molar-refractivity contribution < 1.29 is 9.72 Å². The van der Waals surface area contributed by atoms with Crippen molar-refractivity contribution >= 4 is 17.3 Å². The predicted octanol–water partition coefficient (Wildman–Crippen LogP) is 1.92. The number of nitro groups is 1. The number of nitrogens with one attached hydrogen (secondary N) is 2. The molecule has 1 saturated heterocycles. The largest absolute Gasteiger partial charge is 0.324 e. The zero-order valence-electron chi connectivity index (χ0n) is 10.8. The van der Waals surface area contributed by atoms with Crippen molar-refractivity contribution in [3.8, 4) is 0 Å². The molecule has 19 heavy (non-hydrogen) atoms. The van der Waals surface area contributed by atoms with E-state index in [2.05, 4.69) is 17.6 Å². The molecule has 6 nitrogen and oxygen atoms in total. The van der Waals surface area contributed by atoms with Crippen LogP contribution in [0.15, 0.2) is 24.3 Å². The highest BCUT2D eigenvalue weighted by Crippen LogP contribution is 2.19. The van der Waals surface area contributed by atoms with Crippen LogP contribution in [-0.4, -0.2) is 23.4 Å². The molecule has 2 N–H and O–H groups in total. The minimum absolute atomic E-state index is 0.0252. The minimum Gasteiger partial charge on any atom is -0.324 e. The number of hydrogen-bond donors (Lipinski definition) is 2. The van der Waals surface area contributed by atoms with Gasteiger partial charge < -0.3 is 10.6 Å². The first-order valence-electron chi connectivity index (χ1n) is 6.35. The van der Waals surface area contributed by atoms with Crippen molar-refractivity contribution in [2.75, 3.05) is 11.9 Å². The molecule has 1 fully saturated rings. The van der Waals surface area contributed by atoms with Crippen LogP contribution in [0.1, 0.15) is 19.8 Å². The maximum absolute atomic E-state index is 12.1. The van der Waals surface area contributed by atoms with E-state index in [0.717, 1.165) is 19.4 Å². The number of hydrogen-bond acceptors (Lipinski definition) is 4. The summed E-state index contributed by atoms with van der Waals surface area (Å²) in [6.07, 6.45) is 1.86. The van der Waals surface area contributed by atoms with Gasteiger partial charge in [0.15, 0.2) is 0 Å². The Hall–Kier alpha value is -1.95.